The van der Waals surface area contributed by atoms with Gasteiger partial charge in [0.1, 0.15) is 18.2 Å². The number of fused-ring (bicyclic) bond motifs is 1. The standard InChI is InChI=1S/C14H17N7O/c15-5-3-7-21-13-10(8-19-21)12(17-9-18-13)20-11-4-1-2-6-16-14(11)22/h8-9,11H,1-4,6-7H2,(H,16,22)(H,17,18,20). The number of aromatic nitrogens is 4. The zero-order valence-corrected chi connectivity index (χ0v) is 12.1. The molecule has 0 saturated carbocycles. The van der Waals surface area contributed by atoms with E-state index in [-0.39, 0.29) is 11.9 Å². The Labute approximate surface area is 127 Å². The van der Waals surface area contributed by atoms with Gasteiger partial charge in [-0.05, 0) is 19.3 Å². The Morgan fingerprint density at radius 1 is 1.45 bits per heavy atom. The Bertz CT molecular complexity index is 718. The topological polar surface area (TPSA) is 109 Å². The van der Waals surface area contributed by atoms with E-state index in [0.717, 1.165) is 31.2 Å². The van der Waals surface area contributed by atoms with Crippen molar-refractivity contribution < 1.29 is 4.79 Å². The van der Waals surface area contributed by atoms with Crippen molar-refractivity contribution >= 4 is 22.8 Å². The van der Waals surface area contributed by atoms with E-state index in [2.05, 4.69) is 31.8 Å². The zero-order chi connectivity index (χ0) is 15.4. The van der Waals surface area contributed by atoms with Crippen molar-refractivity contribution in [1.82, 2.24) is 25.1 Å². The van der Waals surface area contributed by atoms with Crippen LogP contribution in [0, 0.1) is 11.3 Å². The predicted octanol–water partition coefficient (Wildman–Crippen LogP) is 0.821. The van der Waals surface area contributed by atoms with E-state index in [9.17, 15) is 4.79 Å². The van der Waals surface area contributed by atoms with E-state index >= 15 is 0 Å². The van der Waals surface area contributed by atoms with Gasteiger partial charge in [0.2, 0.25) is 5.91 Å². The summed E-state index contributed by atoms with van der Waals surface area (Å²) in [6.07, 6.45) is 6.25. The summed E-state index contributed by atoms with van der Waals surface area (Å²) in [5.41, 5.74) is 0.668. The fourth-order valence-corrected chi connectivity index (χ4v) is 2.57. The normalized spacial score (nSPS) is 18.5. The largest absolute Gasteiger partial charge is 0.358 e. The third kappa shape index (κ3) is 2.83. The average Bonchev–Trinajstić information content (AvgIpc) is 2.84. The van der Waals surface area contributed by atoms with Gasteiger partial charge in [0.15, 0.2) is 5.65 Å². The summed E-state index contributed by atoms with van der Waals surface area (Å²) in [4.78, 5) is 20.5. The van der Waals surface area contributed by atoms with Gasteiger partial charge in [-0.3, -0.25) is 4.79 Å². The van der Waals surface area contributed by atoms with Gasteiger partial charge >= 0.3 is 0 Å². The molecule has 1 fully saturated rings. The van der Waals surface area contributed by atoms with Crippen LogP contribution in [0.25, 0.3) is 11.0 Å². The first-order valence-corrected chi connectivity index (χ1v) is 7.37. The van der Waals surface area contributed by atoms with E-state index in [1.54, 1.807) is 10.9 Å². The van der Waals surface area contributed by atoms with Crippen LogP contribution in [0.2, 0.25) is 0 Å². The Kier molecular flexibility index (Phi) is 4.14. The van der Waals surface area contributed by atoms with Crippen molar-refractivity contribution in [3.63, 3.8) is 0 Å². The molecule has 8 nitrogen and oxygen atoms in total. The quantitative estimate of drug-likeness (QED) is 0.865. The summed E-state index contributed by atoms with van der Waals surface area (Å²) in [7, 11) is 0. The van der Waals surface area contributed by atoms with E-state index in [1.165, 1.54) is 6.33 Å². The van der Waals surface area contributed by atoms with Crippen molar-refractivity contribution in [1.29, 1.82) is 5.26 Å². The van der Waals surface area contributed by atoms with E-state index in [0.29, 0.717) is 24.4 Å². The molecule has 0 bridgehead atoms. The molecule has 3 heterocycles. The van der Waals surface area contributed by atoms with Gasteiger partial charge in [0.25, 0.3) is 0 Å². The number of aryl methyl sites for hydroxylation is 1. The number of carbonyl (C=O) groups is 1. The maximum absolute atomic E-state index is 12.0. The Morgan fingerprint density at radius 3 is 3.23 bits per heavy atom. The minimum atomic E-state index is -0.289. The first-order valence-electron chi connectivity index (χ1n) is 7.37. The highest BCUT2D eigenvalue weighted by molar-refractivity contribution is 5.90. The molecule has 1 aliphatic rings. The average molecular weight is 299 g/mol. The molecule has 114 valence electrons. The molecular weight excluding hydrogens is 282 g/mol. The maximum Gasteiger partial charge on any atom is 0.242 e. The number of carbonyl (C=O) groups excluding carboxylic acids is 1. The van der Waals surface area contributed by atoms with Crippen LogP contribution in [0.1, 0.15) is 25.7 Å². The number of hydrogen-bond donors (Lipinski definition) is 2. The molecule has 3 rings (SSSR count). The third-order valence-corrected chi connectivity index (χ3v) is 3.72. The summed E-state index contributed by atoms with van der Waals surface area (Å²) in [5.74, 6) is 0.608. The monoisotopic (exact) mass is 299 g/mol. The molecule has 0 spiro atoms. The van der Waals surface area contributed by atoms with Crippen molar-refractivity contribution in [3.05, 3.63) is 12.5 Å². The van der Waals surface area contributed by atoms with Gasteiger partial charge in [-0.15, -0.1) is 0 Å². The highest BCUT2D eigenvalue weighted by atomic mass is 16.2. The van der Waals surface area contributed by atoms with Crippen LogP contribution in [0.4, 0.5) is 5.82 Å². The molecule has 1 aliphatic heterocycles. The molecule has 2 aromatic rings. The molecule has 8 heteroatoms. The zero-order valence-electron chi connectivity index (χ0n) is 12.1. The minimum Gasteiger partial charge on any atom is -0.358 e. The highest BCUT2D eigenvalue weighted by Crippen LogP contribution is 2.21. The van der Waals surface area contributed by atoms with E-state index in [4.69, 9.17) is 5.26 Å². The molecule has 1 saturated heterocycles. The van der Waals surface area contributed by atoms with Gasteiger partial charge in [-0.2, -0.15) is 10.4 Å². The second kappa shape index (κ2) is 6.39. The van der Waals surface area contributed by atoms with Gasteiger partial charge in [-0.1, -0.05) is 0 Å². The summed E-state index contributed by atoms with van der Waals surface area (Å²) >= 11 is 0. The number of nitrogens with one attached hydrogen (secondary N) is 2. The van der Waals surface area contributed by atoms with Crippen LogP contribution in [0.15, 0.2) is 12.5 Å². The Morgan fingerprint density at radius 2 is 2.36 bits per heavy atom. The Balaban J connectivity index is 1.86. The lowest BCUT2D eigenvalue weighted by Crippen LogP contribution is -2.38. The fraction of sp³-hybridized carbons (Fsp3) is 0.500. The molecule has 0 radical (unpaired) electrons. The Hall–Kier alpha value is -2.69. The van der Waals surface area contributed by atoms with Crippen LogP contribution in [0.3, 0.4) is 0 Å². The molecule has 2 aromatic heterocycles. The van der Waals surface area contributed by atoms with Gasteiger partial charge in [-0.25, -0.2) is 14.6 Å². The molecule has 1 amide bonds. The van der Waals surface area contributed by atoms with Crippen LogP contribution in [0.5, 0.6) is 0 Å². The first-order chi connectivity index (χ1) is 10.8. The molecule has 1 atom stereocenters. The van der Waals surface area contributed by atoms with Crippen LogP contribution in [-0.2, 0) is 11.3 Å². The number of rotatable bonds is 4. The molecule has 2 N–H and O–H groups in total. The van der Waals surface area contributed by atoms with Crippen molar-refractivity contribution in [2.75, 3.05) is 11.9 Å². The number of amides is 1. The summed E-state index contributed by atoms with van der Waals surface area (Å²) in [6, 6.07) is 1.80. The summed E-state index contributed by atoms with van der Waals surface area (Å²) in [5, 5.41) is 19.8. The number of hydrogen-bond acceptors (Lipinski definition) is 6. The molecule has 0 aliphatic carbocycles. The second-order valence-electron chi connectivity index (χ2n) is 5.22. The molecular formula is C14H17N7O. The van der Waals surface area contributed by atoms with Crippen LogP contribution < -0.4 is 10.6 Å². The summed E-state index contributed by atoms with van der Waals surface area (Å²) in [6.45, 7) is 1.21. The number of nitrogens with zero attached hydrogens (tertiary/aromatic N) is 5. The lowest BCUT2D eigenvalue weighted by Gasteiger charge is -2.16. The van der Waals surface area contributed by atoms with E-state index < -0.39 is 0 Å². The lowest BCUT2D eigenvalue weighted by atomic mass is 10.1. The number of anilines is 1. The second-order valence-corrected chi connectivity index (χ2v) is 5.22. The van der Waals surface area contributed by atoms with Crippen molar-refractivity contribution in [2.45, 2.75) is 38.3 Å². The van der Waals surface area contributed by atoms with E-state index in [1.807, 2.05) is 0 Å². The highest BCUT2D eigenvalue weighted by Gasteiger charge is 2.22. The predicted molar refractivity (Wildman–Crippen MR) is 79.8 cm³/mol. The lowest BCUT2D eigenvalue weighted by molar-refractivity contribution is -0.121. The minimum absolute atomic E-state index is 0.00105. The van der Waals surface area contributed by atoms with Crippen molar-refractivity contribution in [2.24, 2.45) is 0 Å². The van der Waals surface area contributed by atoms with Gasteiger partial charge in [0.05, 0.1) is 30.6 Å². The van der Waals surface area contributed by atoms with Crippen LogP contribution in [-0.4, -0.2) is 38.2 Å². The fourth-order valence-electron chi connectivity index (χ4n) is 2.57. The first kappa shape index (κ1) is 14.3. The summed E-state index contributed by atoms with van der Waals surface area (Å²) < 4.78 is 1.68. The third-order valence-electron chi connectivity index (χ3n) is 3.72. The van der Waals surface area contributed by atoms with Gasteiger partial charge < -0.3 is 10.6 Å². The van der Waals surface area contributed by atoms with Crippen molar-refractivity contribution in [3.8, 4) is 6.07 Å². The molecule has 0 aromatic carbocycles. The number of nitriles is 1. The molecule has 1 unspecified atom stereocenters. The smallest absolute Gasteiger partial charge is 0.242 e. The maximum atomic E-state index is 12.0. The van der Waals surface area contributed by atoms with Crippen LogP contribution >= 0.6 is 0 Å². The SMILES string of the molecule is N#CCCn1ncc2c(NC3CCCCNC3=O)ncnc21. The van der Waals surface area contributed by atoms with Gasteiger partial charge in [0, 0.05) is 6.54 Å². The molecule has 22 heavy (non-hydrogen) atoms.